The van der Waals surface area contributed by atoms with Gasteiger partial charge >= 0.3 is 0 Å². The summed E-state index contributed by atoms with van der Waals surface area (Å²) in [5.74, 6) is 0. The molecule has 2 aromatic rings. The van der Waals surface area contributed by atoms with Gasteiger partial charge in [-0.3, -0.25) is 0 Å². The van der Waals surface area contributed by atoms with E-state index in [1.165, 1.54) is 16.5 Å². The van der Waals surface area contributed by atoms with Crippen LogP contribution in [-0.2, 0) is 13.1 Å². The summed E-state index contributed by atoms with van der Waals surface area (Å²) in [6.45, 7) is 2.25. The second kappa shape index (κ2) is 6.57. The van der Waals surface area contributed by atoms with Crippen molar-refractivity contribution < 1.29 is 5.11 Å². The zero-order chi connectivity index (χ0) is 12.8. The number of hydrogen-bond donors (Lipinski definition) is 2. The van der Waals surface area contributed by atoms with Crippen LogP contribution >= 0.6 is 0 Å². The number of nitrogens with zero attached hydrogens (tertiary/aromatic N) is 1. The number of aryl methyl sites for hydroxylation is 1. The lowest BCUT2D eigenvalue weighted by molar-refractivity contribution is 0.282. The van der Waals surface area contributed by atoms with Gasteiger partial charge in [-0.1, -0.05) is 12.1 Å². The molecular weight excluding hydrogens is 224 g/mol. The Balaban J connectivity index is 2.09. The highest BCUT2D eigenvalue weighted by Gasteiger charge is 2.02. The molecule has 0 fully saturated rings. The van der Waals surface area contributed by atoms with Crippen molar-refractivity contribution in [2.75, 3.05) is 13.7 Å². The molecule has 0 atom stereocenters. The normalized spacial score (nSPS) is 11.2. The number of benzene rings is 1. The van der Waals surface area contributed by atoms with E-state index >= 15 is 0 Å². The fourth-order valence-corrected chi connectivity index (χ4v) is 2.31. The lowest BCUT2D eigenvalue weighted by atomic mass is 10.1. The molecule has 0 aliphatic rings. The van der Waals surface area contributed by atoms with Crippen LogP contribution in [-0.4, -0.2) is 23.3 Å². The number of aliphatic hydroxyl groups excluding tert-OH is 1. The molecule has 1 aromatic heterocycles. The van der Waals surface area contributed by atoms with E-state index in [0.717, 1.165) is 32.4 Å². The number of fused-ring (bicyclic) bond motifs is 1. The molecule has 0 bridgehead atoms. The molecule has 3 heteroatoms. The van der Waals surface area contributed by atoms with Crippen molar-refractivity contribution in [3.8, 4) is 0 Å². The van der Waals surface area contributed by atoms with Gasteiger partial charge in [0.15, 0.2) is 0 Å². The maximum absolute atomic E-state index is 8.78. The molecule has 2 N–H and O–H groups in total. The summed E-state index contributed by atoms with van der Waals surface area (Å²) in [6.07, 6.45) is 5.28. The molecule has 0 spiro atoms. The first-order valence-electron chi connectivity index (χ1n) is 6.68. The summed E-state index contributed by atoms with van der Waals surface area (Å²) < 4.78 is 2.31. The topological polar surface area (TPSA) is 37.2 Å². The number of aliphatic hydroxyl groups is 1. The second-order valence-corrected chi connectivity index (χ2v) is 4.72. The molecule has 0 unspecified atom stereocenters. The quantitative estimate of drug-likeness (QED) is 0.737. The SMILES string of the molecule is CNCc1ccc2ccn(CCCCCO)c2c1. The Labute approximate surface area is 108 Å². The number of unbranched alkanes of at least 4 members (excludes halogenated alkanes) is 2. The predicted octanol–water partition coefficient (Wildman–Crippen LogP) is 2.52. The number of nitrogens with one attached hydrogen (secondary N) is 1. The standard InChI is InChI=1S/C15H22N2O/c1-16-12-13-5-6-14-7-9-17(15(14)11-13)8-3-2-4-10-18/h5-7,9,11,16,18H,2-4,8,10,12H2,1H3. The van der Waals surface area contributed by atoms with Crippen LogP contribution in [0.1, 0.15) is 24.8 Å². The van der Waals surface area contributed by atoms with Gasteiger partial charge in [0.25, 0.3) is 0 Å². The van der Waals surface area contributed by atoms with E-state index in [4.69, 9.17) is 5.11 Å². The molecular formula is C15H22N2O. The van der Waals surface area contributed by atoms with E-state index in [0.29, 0.717) is 6.61 Å². The van der Waals surface area contributed by atoms with Crippen LogP contribution in [0.3, 0.4) is 0 Å². The first kappa shape index (κ1) is 13.1. The molecule has 0 aliphatic heterocycles. The summed E-state index contributed by atoms with van der Waals surface area (Å²) in [4.78, 5) is 0. The average Bonchev–Trinajstić information content (AvgIpc) is 2.78. The Kier molecular flexibility index (Phi) is 4.79. The van der Waals surface area contributed by atoms with E-state index < -0.39 is 0 Å². The van der Waals surface area contributed by atoms with Gasteiger partial charge < -0.3 is 15.0 Å². The van der Waals surface area contributed by atoms with Crippen molar-refractivity contribution >= 4 is 10.9 Å². The van der Waals surface area contributed by atoms with Gasteiger partial charge in [0.2, 0.25) is 0 Å². The van der Waals surface area contributed by atoms with Crippen LogP contribution in [0.2, 0.25) is 0 Å². The third kappa shape index (κ3) is 3.12. The van der Waals surface area contributed by atoms with Gasteiger partial charge in [-0.25, -0.2) is 0 Å². The van der Waals surface area contributed by atoms with Crippen LogP contribution in [0, 0.1) is 0 Å². The third-order valence-corrected chi connectivity index (χ3v) is 3.28. The molecule has 0 saturated heterocycles. The molecule has 0 radical (unpaired) electrons. The van der Waals surface area contributed by atoms with Gasteiger partial charge in [-0.15, -0.1) is 0 Å². The van der Waals surface area contributed by atoms with Gasteiger partial charge in [-0.05, 0) is 49.4 Å². The monoisotopic (exact) mass is 246 g/mol. The smallest absolute Gasteiger partial charge is 0.0483 e. The first-order chi connectivity index (χ1) is 8.85. The van der Waals surface area contributed by atoms with Gasteiger partial charge in [0, 0.05) is 31.4 Å². The fourth-order valence-electron chi connectivity index (χ4n) is 2.31. The molecule has 1 aromatic carbocycles. The van der Waals surface area contributed by atoms with E-state index in [2.05, 4.69) is 40.3 Å². The lowest BCUT2D eigenvalue weighted by Crippen LogP contribution is -2.05. The van der Waals surface area contributed by atoms with Crippen LogP contribution in [0.5, 0.6) is 0 Å². The molecule has 18 heavy (non-hydrogen) atoms. The van der Waals surface area contributed by atoms with Crippen LogP contribution in [0.25, 0.3) is 10.9 Å². The molecule has 2 rings (SSSR count). The van der Waals surface area contributed by atoms with Crippen molar-refractivity contribution in [2.24, 2.45) is 0 Å². The van der Waals surface area contributed by atoms with Crippen molar-refractivity contribution in [1.82, 2.24) is 9.88 Å². The molecule has 0 amide bonds. The van der Waals surface area contributed by atoms with Gasteiger partial charge in [0.1, 0.15) is 0 Å². The molecule has 3 nitrogen and oxygen atoms in total. The van der Waals surface area contributed by atoms with E-state index in [-0.39, 0.29) is 0 Å². The maximum Gasteiger partial charge on any atom is 0.0483 e. The number of aromatic nitrogens is 1. The molecule has 0 aliphatic carbocycles. The molecule has 0 saturated carbocycles. The van der Waals surface area contributed by atoms with Crippen LogP contribution < -0.4 is 5.32 Å². The van der Waals surface area contributed by atoms with E-state index in [9.17, 15) is 0 Å². The summed E-state index contributed by atoms with van der Waals surface area (Å²) in [5.41, 5.74) is 2.63. The van der Waals surface area contributed by atoms with Crippen molar-refractivity contribution in [3.05, 3.63) is 36.0 Å². The van der Waals surface area contributed by atoms with Gasteiger partial charge in [-0.2, -0.15) is 0 Å². The van der Waals surface area contributed by atoms with Crippen molar-refractivity contribution in [3.63, 3.8) is 0 Å². The lowest BCUT2D eigenvalue weighted by Gasteiger charge is -2.07. The minimum atomic E-state index is 0.304. The second-order valence-electron chi connectivity index (χ2n) is 4.72. The summed E-state index contributed by atoms with van der Waals surface area (Å²) >= 11 is 0. The molecule has 1 heterocycles. The summed E-state index contributed by atoms with van der Waals surface area (Å²) in [7, 11) is 1.97. The maximum atomic E-state index is 8.78. The molecule has 98 valence electrons. The first-order valence-corrected chi connectivity index (χ1v) is 6.68. The number of hydrogen-bond acceptors (Lipinski definition) is 2. The summed E-state index contributed by atoms with van der Waals surface area (Å²) in [5, 5.41) is 13.3. The Morgan fingerprint density at radius 3 is 2.83 bits per heavy atom. The number of rotatable bonds is 7. The third-order valence-electron chi connectivity index (χ3n) is 3.28. The minimum Gasteiger partial charge on any atom is -0.396 e. The zero-order valence-electron chi connectivity index (χ0n) is 11.0. The van der Waals surface area contributed by atoms with Crippen molar-refractivity contribution in [2.45, 2.75) is 32.4 Å². The van der Waals surface area contributed by atoms with E-state index in [1.807, 2.05) is 7.05 Å². The van der Waals surface area contributed by atoms with Crippen LogP contribution in [0.15, 0.2) is 30.5 Å². The largest absolute Gasteiger partial charge is 0.396 e. The Morgan fingerprint density at radius 2 is 2.06 bits per heavy atom. The highest BCUT2D eigenvalue weighted by molar-refractivity contribution is 5.80. The fraction of sp³-hybridized carbons (Fsp3) is 0.467. The van der Waals surface area contributed by atoms with Gasteiger partial charge in [0.05, 0.1) is 0 Å². The highest BCUT2D eigenvalue weighted by atomic mass is 16.2. The Morgan fingerprint density at radius 1 is 1.17 bits per heavy atom. The summed E-state index contributed by atoms with van der Waals surface area (Å²) in [6, 6.07) is 8.80. The van der Waals surface area contributed by atoms with E-state index in [1.54, 1.807) is 0 Å². The Bertz CT molecular complexity index is 490. The zero-order valence-corrected chi connectivity index (χ0v) is 11.0. The Hall–Kier alpha value is -1.32. The minimum absolute atomic E-state index is 0.304. The highest BCUT2D eigenvalue weighted by Crippen LogP contribution is 2.18. The average molecular weight is 246 g/mol. The predicted molar refractivity (Wildman–Crippen MR) is 75.6 cm³/mol. The van der Waals surface area contributed by atoms with Crippen LogP contribution in [0.4, 0.5) is 0 Å². The van der Waals surface area contributed by atoms with Crippen molar-refractivity contribution in [1.29, 1.82) is 0 Å².